The molecule has 0 aliphatic rings. The van der Waals surface area contributed by atoms with Crippen molar-refractivity contribution >= 4 is 60.4 Å². The van der Waals surface area contributed by atoms with Gasteiger partial charge in [0.1, 0.15) is 28.6 Å². The first kappa shape index (κ1) is 36.9. The Morgan fingerprint density at radius 1 is 0.541 bits per heavy atom. The van der Waals surface area contributed by atoms with Crippen LogP contribution in [0.5, 0.6) is 11.5 Å². The molecule has 298 valence electrons. The predicted octanol–water partition coefficient (Wildman–Crippen LogP) is 15.2. The van der Waals surface area contributed by atoms with E-state index >= 15 is 0 Å². The number of hydrogen-bond acceptors (Lipinski definition) is 4. The van der Waals surface area contributed by atoms with E-state index in [2.05, 4.69) is 173 Å². The highest BCUT2D eigenvalue weighted by Crippen LogP contribution is 2.43. The lowest BCUT2D eigenvalue weighted by atomic mass is 9.88. The Hall–Kier alpha value is -7.18. The average Bonchev–Trinajstić information content (AvgIpc) is 4.00. The third kappa shape index (κ3) is 5.84. The number of imidazole rings is 2. The smallest absolute Gasteiger partial charge is 0.146 e. The molecule has 0 aliphatic carbocycles. The molecular weight excluding hydrogens is 749 g/mol. The van der Waals surface area contributed by atoms with Crippen LogP contribution in [0.4, 0.5) is 0 Å². The molecule has 0 amide bonds. The number of rotatable bonds is 7. The fraction of sp³-hybridized carbons (Fsp3) is 0.164. The van der Waals surface area contributed by atoms with E-state index in [0.29, 0.717) is 0 Å². The molecule has 0 unspecified atom stereocenters. The van der Waals surface area contributed by atoms with Crippen molar-refractivity contribution in [2.24, 2.45) is 0 Å². The van der Waals surface area contributed by atoms with E-state index in [4.69, 9.17) is 19.1 Å². The summed E-state index contributed by atoms with van der Waals surface area (Å²) in [5.74, 6) is 2.91. The van der Waals surface area contributed by atoms with Gasteiger partial charge in [0, 0.05) is 21.7 Å². The minimum Gasteiger partial charge on any atom is -0.464 e. The van der Waals surface area contributed by atoms with Crippen LogP contribution in [0.1, 0.15) is 67.3 Å². The van der Waals surface area contributed by atoms with E-state index in [1.54, 1.807) is 6.26 Å². The molecule has 0 bridgehead atoms. The zero-order valence-corrected chi connectivity index (χ0v) is 35.5. The molecule has 61 heavy (non-hydrogen) atoms. The molecule has 6 nitrogen and oxygen atoms in total. The number of nitrogens with zero attached hydrogens (tertiary/aromatic N) is 4. The molecule has 0 saturated heterocycles. The van der Waals surface area contributed by atoms with E-state index in [1.165, 1.54) is 49.8 Å². The van der Waals surface area contributed by atoms with E-state index in [1.807, 2.05) is 18.2 Å². The number of para-hydroxylation sites is 2. The van der Waals surface area contributed by atoms with Crippen LogP contribution in [0.3, 0.4) is 0 Å². The number of pyridine rings is 1. The molecule has 0 N–H and O–H groups in total. The van der Waals surface area contributed by atoms with Crippen molar-refractivity contribution in [1.29, 1.82) is 0 Å². The minimum atomic E-state index is 0.269. The molecule has 0 saturated carbocycles. The molecule has 4 heterocycles. The van der Waals surface area contributed by atoms with Crippen molar-refractivity contribution in [2.45, 2.75) is 60.3 Å². The monoisotopic (exact) mass is 794 g/mol. The van der Waals surface area contributed by atoms with Crippen molar-refractivity contribution < 1.29 is 9.15 Å². The van der Waals surface area contributed by atoms with Gasteiger partial charge in [-0.15, -0.1) is 0 Å². The summed E-state index contributed by atoms with van der Waals surface area (Å²) in [5, 5.41) is 4.45. The maximum Gasteiger partial charge on any atom is 0.146 e. The molecule has 0 radical (unpaired) electrons. The zero-order chi connectivity index (χ0) is 41.7. The maximum absolute atomic E-state index is 6.88. The number of benzene rings is 7. The first-order valence-electron chi connectivity index (χ1n) is 21.3. The Bertz CT molecular complexity index is 3520. The van der Waals surface area contributed by atoms with Crippen molar-refractivity contribution in [3.05, 3.63) is 168 Å². The van der Waals surface area contributed by atoms with Crippen LogP contribution in [0, 0.1) is 20.8 Å². The SMILES string of the molecule is Cc1cc2c3c(C)cc(Oc4cccc(-c5nc6ccccc6n5-c5c(C(C)C)cc(-c6ccccc6)cc5C(C)C)c4)cc3c3nc4ccc5occc5c4n3c2cc1C. The van der Waals surface area contributed by atoms with Gasteiger partial charge in [-0.1, -0.05) is 82.3 Å². The lowest BCUT2D eigenvalue weighted by molar-refractivity contribution is 0.483. The van der Waals surface area contributed by atoms with Crippen molar-refractivity contribution in [3.63, 3.8) is 0 Å². The summed E-state index contributed by atoms with van der Waals surface area (Å²) in [6, 6.07) is 47.4. The lowest BCUT2D eigenvalue weighted by Gasteiger charge is -2.24. The van der Waals surface area contributed by atoms with Crippen molar-refractivity contribution in [3.8, 4) is 39.7 Å². The Kier molecular flexibility index (Phi) is 8.43. The summed E-state index contributed by atoms with van der Waals surface area (Å²) < 4.78 is 17.5. The summed E-state index contributed by atoms with van der Waals surface area (Å²) in [5.41, 5.74) is 17.7. The summed E-state index contributed by atoms with van der Waals surface area (Å²) in [6.45, 7) is 15.7. The molecule has 0 spiro atoms. The van der Waals surface area contributed by atoms with Crippen LogP contribution < -0.4 is 4.74 Å². The molecule has 11 rings (SSSR count). The van der Waals surface area contributed by atoms with Crippen molar-refractivity contribution in [2.75, 3.05) is 0 Å². The van der Waals surface area contributed by atoms with Gasteiger partial charge in [0.15, 0.2) is 0 Å². The van der Waals surface area contributed by atoms with Crippen LogP contribution >= 0.6 is 0 Å². The summed E-state index contributed by atoms with van der Waals surface area (Å²) in [7, 11) is 0. The van der Waals surface area contributed by atoms with E-state index in [0.717, 1.165) is 78.0 Å². The quantitative estimate of drug-likeness (QED) is 0.151. The highest BCUT2D eigenvalue weighted by atomic mass is 16.5. The van der Waals surface area contributed by atoms with Gasteiger partial charge in [0.25, 0.3) is 0 Å². The molecule has 0 fully saturated rings. The fourth-order valence-corrected chi connectivity index (χ4v) is 9.46. The highest BCUT2D eigenvalue weighted by molar-refractivity contribution is 6.18. The second-order valence-corrected chi connectivity index (χ2v) is 17.2. The van der Waals surface area contributed by atoms with Crippen LogP contribution in [0.2, 0.25) is 0 Å². The second kappa shape index (κ2) is 14.0. The number of aromatic nitrogens is 4. The number of hydrogen-bond donors (Lipinski definition) is 0. The predicted molar refractivity (Wildman–Crippen MR) is 252 cm³/mol. The van der Waals surface area contributed by atoms with E-state index in [-0.39, 0.29) is 11.8 Å². The first-order chi connectivity index (χ1) is 29.6. The number of furan rings is 1. The average molecular weight is 795 g/mol. The van der Waals surface area contributed by atoms with Crippen LogP contribution in [-0.2, 0) is 0 Å². The van der Waals surface area contributed by atoms with Crippen LogP contribution in [-0.4, -0.2) is 18.9 Å². The van der Waals surface area contributed by atoms with E-state index in [9.17, 15) is 0 Å². The van der Waals surface area contributed by atoms with Crippen LogP contribution in [0.25, 0.3) is 88.6 Å². The Labute approximate surface area is 354 Å². The van der Waals surface area contributed by atoms with Gasteiger partial charge in [0.05, 0.1) is 39.5 Å². The molecule has 7 aromatic carbocycles. The van der Waals surface area contributed by atoms with Crippen LogP contribution in [0.15, 0.2) is 144 Å². The summed E-state index contributed by atoms with van der Waals surface area (Å²) in [6.07, 6.45) is 1.76. The normalized spacial score (nSPS) is 12.1. The number of fused-ring (bicyclic) bond motifs is 11. The number of aryl methyl sites for hydroxylation is 3. The van der Waals surface area contributed by atoms with Gasteiger partial charge >= 0.3 is 0 Å². The summed E-state index contributed by atoms with van der Waals surface area (Å²) in [4.78, 5) is 10.6. The largest absolute Gasteiger partial charge is 0.464 e. The van der Waals surface area contributed by atoms with Gasteiger partial charge < -0.3 is 9.15 Å². The maximum atomic E-state index is 6.88. The standard InChI is InChI=1S/C55H46N4O2/c1-31(2)42-28-38(36-14-9-8-10-15-36)29-43(32(3)4)52(42)58-48-19-12-11-18-46(48)56-54(58)37-16-13-17-39(27-37)61-40-24-35(7)51-44-25-33(5)34(6)26-49(44)59-53-41-22-23-60-50(41)21-20-47(53)57-55(59)45(51)30-40/h8-32H,1-7H3. The second-order valence-electron chi connectivity index (χ2n) is 17.2. The third-order valence-corrected chi connectivity index (χ3v) is 12.6. The van der Waals surface area contributed by atoms with Gasteiger partial charge in [-0.3, -0.25) is 8.97 Å². The van der Waals surface area contributed by atoms with Gasteiger partial charge in [-0.05, 0) is 156 Å². The van der Waals surface area contributed by atoms with Crippen molar-refractivity contribution in [1.82, 2.24) is 18.9 Å². The molecule has 4 aromatic heterocycles. The Morgan fingerprint density at radius 2 is 1.28 bits per heavy atom. The van der Waals surface area contributed by atoms with Gasteiger partial charge in [0.2, 0.25) is 0 Å². The van der Waals surface area contributed by atoms with E-state index < -0.39 is 0 Å². The molecule has 0 atom stereocenters. The Morgan fingerprint density at radius 3 is 2.07 bits per heavy atom. The molecule has 0 aliphatic heterocycles. The fourth-order valence-electron chi connectivity index (χ4n) is 9.46. The first-order valence-corrected chi connectivity index (χ1v) is 21.3. The molecular formula is C55H46N4O2. The number of ether oxygens (including phenoxy) is 1. The lowest BCUT2D eigenvalue weighted by Crippen LogP contribution is -2.09. The summed E-state index contributed by atoms with van der Waals surface area (Å²) >= 11 is 0. The minimum absolute atomic E-state index is 0.269. The highest BCUT2D eigenvalue weighted by Gasteiger charge is 2.25. The third-order valence-electron chi connectivity index (χ3n) is 12.6. The topological polar surface area (TPSA) is 57.5 Å². The zero-order valence-electron chi connectivity index (χ0n) is 35.5. The van der Waals surface area contributed by atoms with Gasteiger partial charge in [-0.25, -0.2) is 9.97 Å². The van der Waals surface area contributed by atoms with Gasteiger partial charge in [-0.2, -0.15) is 0 Å². The molecule has 11 aromatic rings. The molecule has 6 heteroatoms. The Balaban J connectivity index is 1.09.